The topological polar surface area (TPSA) is 67.5 Å². The van der Waals surface area contributed by atoms with Gasteiger partial charge in [0.15, 0.2) is 5.76 Å². The maximum absolute atomic E-state index is 9.93. The lowest BCUT2D eigenvalue weighted by molar-refractivity contribution is 0.126. The zero-order valence-corrected chi connectivity index (χ0v) is 17.5. The Morgan fingerprint density at radius 3 is 2.52 bits per heavy atom. The monoisotopic (exact) mass is 438 g/mol. The van der Waals surface area contributed by atoms with Crippen LogP contribution in [0.4, 0.5) is 0 Å². The Bertz CT molecular complexity index is 606. The summed E-state index contributed by atoms with van der Waals surface area (Å²) in [4.78, 5) is 0. The number of hydrogen-bond acceptors (Lipinski definition) is 5. The highest BCUT2D eigenvalue weighted by Crippen LogP contribution is 2.16. The first-order valence-electron chi connectivity index (χ1n) is 9.88. The summed E-state index contributed by atoms with van der Waals surface area (Å²) in [5, 5.41) is 16.9. The third-order valence-corrected chi connectivity index (χ3v) is 4.78. The third-order valence-electron chi connectivity index (χ3n) is 4.40. The van der Waals surface area contributed by atoms with E-state index >= 15 is 0 Å². The van der Waals surface area contributed by atoms with Crippen molar-refractivity contribution in [3.8, 4) is 0 Å². The maximum Gasteiger partial charge on any atom is 0.167 e. The lowest BCUT2D eigenvalue weighted by atomic mass is 10.1. The molecular formula is C21H31BrN2O3. The van der Waals surface area contributed by atoms with E-state index in [2.05, 4.69) is 56.7 Å². The van der Waals surface area contributed by atoms with Crippen LogP contribution in [-0.2, 0) is 11.2 Å². The molecule has 5 nitrogen and oxygen atoms in total. The van der Waals surface area contributed by atoms with Crippen molar-refractivity contribution in [1.82, 2.24) is 10.5 Å². The first kappa shape index (κ1) is 22.1. The van der Waals surface area contributed by atoms with Gasteiger partial charge < -0.3 is 19.7 Å². The summed E-state index contributed by atoms with van der Waals surface area (Å²) in [7, 11) is 0. The number of ether oxygens (including phenoxy) is 1. The van der Waals surface area contributed by atoms with Gasteiger partial charge in [0.05, 0.1) is 0 Å². The molecule has 1 atom stereocenters. The fraction of sp³-hybridized carbons (Fsp3) is 0.571. The molecule has 2 aromatic rings. The average molecular weight is 439 g/mol. The molecule has 0 bridgehead atoms. The summed E-state index contributed by atoms with van der Waals surface area (Å²) in [5.41, 5.74) is 1.41. The molecule has 6 heteroatoms. The van der Waals surface area contributed by atoms with Gasteiger partial charge in [0.2, 0.25) is 0 Å². The SMILES string of the molecule is OC(CNCCCCCCOCCCCc1ccccc1)c1cc(Br)no1. The summed E-state index contributed by atoms with van der Waals surface area (Å²) in [6, 6.07) is 12.3. The van der Waals surface area contributed by atoms with Gasteiger partial charge in [-0.05, 0) is 60.1 Å². The largest absolute Gasteiger partial charge is 0.384 e. The molecule has 1 aromatic carbocycles. The summed E-state index contributed by atoms with van der Waals surface area (Å²) >= 11 is 3.20. The standard InChI is InChI=1S/C21H31BrN2O3/c22-21-16-20(27-24-21)19(25)17-23-13-7-1-2-8-14-26-15-9-6-12-18-10-4-3-5-11-18/h3-5,10-11,16,19,23,25H,1-2,6-9,12-15,17H2. The van der Waals surface area contributed by atoms with Crippen LogP contribution in [0.2, 0.25) is 0 Å². The number of nitrogens with one attached hydrogen (secondary N) is 1. The van der Waals surface area contributed by atoms with Crippen molar-refractivity contribution in [1.29, 1.82) is 0 Å². The molecule has 2 N–H and O–H groups in total. The molecule has 0 fully saturated rings. The van der Waals surface area contributed by atoms with E-state index in [1.165, 1.54) is 24.8 Å². The van der Waals surface area contributed by atoms with Crippen molar-refractivity contribution < 1.29 is 14.4 Å². The molecule has 0 aliphatic carbocycles. The van der Waals surface area contributed by atoms with Crippen molar-refractivity contribution in [2.24, 2.45) is 0 Å². The number of aryl methyl sites for hydroxylation is 1. The van der Waals surface area contributed by atoms with Crippen molar-refractivity contribution in [3.05, 3.63) is 52.3 Å². The smallest absolute Gasteiger partial charge is 0.167 e. The van der Waals surface area contributed by atoms with Crippen LogP contribution in [0.5, 0.6) is 0 Å². The Labute approximate surface area is 170 Å². The molecule has 2 rings (SSSR count). The average Bonchev–Trinajstić information content (AvgIpc) is 3.12. The van der Waals surface area contributed by atoms with Gasteiger partial charge in [-0.25, -0.2) is 0 Å². The molecule has 150 valence electrons. The van der Waals surface area contributed by atoms with Crippen LogP contribution in [0.15, 0.2) is 45.5 Å². The number of unbranched alkanes of at least 4 members (excludes halogenated alkanes) is 4. The lowest BCUT2D eigenvalue weighted by Gasteiger charge is -2.08. The Balaban J connectivity index is 1.32. The minimum absolute atomic E-state index is 0.480. The molecule has 0 aliphatic heterocycles. The lowest BCUT2D eigenvalue weighted by Crippen LogP contribution is -2.22. The van der Waals surface area contributed by atoms with Crippen LogP contribution in [0.3, 0.4) is 0 Å². The predicted molar refractivity (Wildman–Crippen MR) is 111 cm³/mol. The number of halogens is 1. The van der Waals surface area contributed by atoms with Gasteiger partial charge in [-0.1, -0.05) is 48.3 Å². The van der Waals surface area contributed by atoms with E-state index in [1.807, 2.05) is 0 Å². The minimum atomic E-state index is -0.654. The molecule has 1 unspecified atom stereocenters. The number of nitrogens with zero attached hydrogens (tertiary/aromatic N) is 1. The van der Waals surface area contributed by atoms with Crippen LogP contribution in [0, 0.1) is 0 Å². The summed E-state index contributed by atoms with van der Waals surface area (Å²) in [5.74, 6) is 0.482. The van der Waals surface area contributed by atoms with Crippen LogP contribution >= 0.6 is 15.9 Å². The van der Waals surface area contributed by atoms with Gasteiger partial charge in [0.1, 0.15) is 10.7 Å². The minimum Gasteiger partial charge on any atom is -0.384 e. The van der Waals surface area contributed by atoms with Gasteiger partial charge in [0, 0.05) is 25.8 Å². The Morgan fingerprint density at radius 1 is 1.04 bits per heavy atom. The molecular weight excluding hydrogens is 408 g/mol. The van der Waals surface area contributed by atoms with Crippen LogP contribution in [-0.4, -0.2) is 36.6 Å². The molecule has 1 aromatic heterocycles. The normalized spacial score (nSPS) is 12.4. The maximum atomic E-state index is 9.93. The molecule has 0 radical (unpaired) electrons. The van der Waals surface area contributed by atoms with Crippen LogP contribution in [0.1, 0.15) is 56.0 Å². The van der Waals surface area contributed by atoms with Crippen LogP contribution < -0.4 is 5.32 Å². The second kappa shape index (κ2) is 13.9. The number of hydrogen-bond donors (Lipinski definition) is 2. The number of benzene rings is 1. The third kappa shape index (κ3) is 10.1. The second-order valence-corrected chi connectivity index (χ2v) is 7.55. The number of aromatic nitrogens is 1. The number of rotatable bonds is 15. The van der Waals surface area contributed by atoms with E-state index in [-0.39, 0.29) is 0 Å². The molecule has 27 heavy (non-hydrogen) atoms. The summed E-state index contributed by atoms with van der Waals surface area (Å²) < 4.78 is 11.3. The summed E-state index contributed by atoms with van der Waals surface area (Å²) in [6.07, 6.45) is 7.38. The molecule has 0 amide bonds. The molecule has 1 heterocycles. The Kier molecular flexibility index (Phi) is 11.4. The fourth-order valence-corrected chi connectivity index (χ4v) is 3.15. The predicted octanol–water partition coefficient (Wildman–Crippen LogP) is 4.66. The van der Waals surface area contributed by atoms with E-state index in [1.54, 1.807) is 6.07 Å². The van der Waals surface area contributed by atoms with E-state index < -0.39 is 6.10 Å². The fourth-order valence-electron chi connectivity index (χ4n) is 2.85. The van der Waals surface area contributed by atoms with Crippen LogP contribution in [0.25, 0.3) is 0 Å². The van der Waals surface area contributed by atoms with Crippen molar-refractivity contribution in [3.63, 3.8) is 0 Å². The highest BCUT2D eigenvalue weighted by molar-refractivity contribution is 9.10. The van der Waals surface area contributed by atoms with Crippen molar-refractivity contribution in [2.75, 3.05) is 26.3 Å². The molecule has 0 spiro atoms. The van der Waals surface area contributed by atoms with Gasteiger partial charge >= 0.3 is 0 Å². The molecule has 0 saturated heterocycles. The quantitative estimate of drug-likeness (QED) is 0.395. The zero-order chi connectivity index (χ0) is 19.2. The van der Waals surface area contributed by atoms with Gasteiger partial charge in [-0.2, -0.15) is 0 Å². The Hall–Kier alpha value is -1.21. The van der Waals surface area contributed by atoms with E-state index in [9.17, 15) is 5.11 Å². The Morgan fingerprint density at radius 2 is 1.78 bits per heavy atom. The first-order valence-corrected chi connectivity index (χ1v) is 10.7. The van der Waals surface area contributed by atoms with E-state index in [0.29, 0.717) is 16.9 Å². The van der Waals surface area contributed by atoms with E-state index in [4.69, 9.17) is 9.26 Å². The second-order valence-electron chi connectivity index (χ2n) is 6.74. The highest BCUT2D eigenvalue weighted by Gasteiger charge is 2.12. The highest BCUT2D eigenvalue weighted by atomic mass is 79.9. The first-order chi connectivity index (χ1) is 13.3. The van der Waals surface area contributed by atoms with Gasteiger partial charge in [-0.15, -0.1) is 0 Å². The molecule has 0 aliphatic rings. The van der Waals surface area contributed by atoms with Gasteiger partial charge in [-0.3, -0.25) is 0 Å². The number of aliphatic hydroxyl groups is 1. The number of aliphatic hydroxyl groups excluding tert-OH is 1. The van der Waals surface area contributed by atoms with E-state index in [0.717, 1.165) is 45.4 Å². The van der Waals surface area contributed by atoms with Crippen molar-refractivity contribution >= 4 is 15.9 Å². The molecule has 0 saturated carbocycles. The zero-order valence-electron chi connectivity index (χ0n) is 15.9. The summed E-state index contributed by atoms with van der Waals surface area (Å²) in [6.45, 7) is 3.10. The van der Waals surface area contributed by atoms with Gasteiger partial charge in [0.25, 0.3) is 0 Å². The van der Waals surface area contributed by atoms with Crippen molar-refractivity contribution in [2.45, 2.75) is 51.0 Å².